The minimum absolute atomic E-state index is 0.166. The lowest BCUT2D eigenvalue weighted by atomic mass is 9.97. The average Bonchev–Trinajstić information content (AvgIpc) is 2.27. The van der Waals surface area contributed by atoms with Gasteiger partial charge in [-0.25, -0.2) is 0 Å². The molecule has 3 nitrogen and oxygen atoms in total. The van der Waals surface area contributed by atoms with Gasteiger partial charge in [-0.15, -0.1) is 0 Å². The van der Waals surface area contributed by atoms with Gasteiger partial charge in [0.1, 0.15) is 0 Å². The number of nitrogens with one attached hydrogen (secondary N) is 1. The fourth-order valence-corrected chi connectivity index (χ4v) is 2.37. The molecule has 1 aromatic heterocycles. The van der Waals surface area contributed by atoms with Crippen molar-refractivity contribution in [3.05, 3.63) is 29.0 Å². The van der Waals surface area contributed by atoms with E-state index in [0.717, 1.165) is 30.2 Å². The Hall–Kier alpha value is -0.640. The van der Waals surface area contributed by atoms with Crippen LogP contribution in [0, 0.1) is 0 Å². The van der Waals surface area contributed by atoms with Crippen molar-refractivity contribution in [1.82, 2.24) is 15.2 Å². The molecule has 0 bridgehead atoms. The van der Waals surface area contributed by atoms with Gasteiger partial charge in [0.05, 0.1) is 5.02 Å². The minimum atomic E-state index is 0.166. The molecular weight excluding hydrogens is 234 g/mol. The molecule has 0 saturated carbocycles. The van der Waals surface area contributed by atoms with Crippen LogP contribution in [-0.2, 0) is 6.54 Å². The second kappa shape index (κ2) is 4.92. The highest BCUT2D eigenvalue weighted by Gasteiger charge is 2.32. The van der Waals surface area contributed by atoms with Crippen LogP contribution in [0.25, 0.3) is 0 Å². The van der Waals surface area contributed by atoms with Gasteiger partial charge in [0.2, 0.25) is 0 Å². The highest BCUT2D eigenvalue weighted by molar-refractivity contribution is 6.31. The first-order valence-corrected chi connectivity index (χ1v) is 6.44. The van der Waals surface area contributed by atoms with E-state index in [1.165, 1.54) is 0 Å². The molecule has 2 heterocycles. The molecule has 1 aromatic rings. The summed E-state index contributed by atoms with van der Waals surface area (Å²) in [6, 6.07) is 2.54. The maximum atomic E-state index is 6.17. The van der Waals surface area contributed by atoms with E-state index in [9.17, 15) is 0 Å². The number of nitrogens with zero attached hydrogens (tertiary/aromatic N) is 2. The molecule has 1 fully saturated rings. The number of aromatic nitrogens is 1. The van der Waals surface area contributed by atoms with Crippen LogP contribution in [0.1, 0.15) is 26.3 Å². The highest BCUT2D eigenvalue weighted by Crippen LogP contribution is 2.24. The van der Waals surface area contributed by atoms with Crippen molar-refractivity contribution in [2.45, 2.75) is 38.9 Å². The van der Waals surface area contributed by atoms with Crippen molar-refractivity contribution in [2.24, 2.45) is 0 Å². The van der Waals surface area contributed by atoms with Crippen LogP contribution in [0.5, 0.6) is 0 Å². The average molecular weight is 254 g/mol. The zero-order valence-electron chi connectivity index (χ0n) is 10.7. The van der Waals surface area contributed by atoms with E-state index in [1.807, 2.05) is 6.07 Å². The van der Waals surface area contributed by atoms with Gasteiger partial charge in [0, 0.05) is 43.6 Å². The normalized spacial score (nSPS) is 24.8. The van der Waals surface area contributed by atoms with Crippen molar-refractivity contribution in [1.29, 1.82) is 0 Å². The third-order valence-corrected chi connectivity index (χ3v) is 3.79. The van der Waals surface area contributed by atoms with Gasteiger partial charge in [-0.2, -0.15) is 0 Å². The lowest BCUT2D eigenvalue weighted by Crippen LogP contribution is -2.60. The second-order valence-corrected chi connectivity index (χ2v) is 5.85. The van der Waals surface area contributed by atoms with Crippen LogP contribution in [0.3, 0.4) is 0 Å². The summed E-state index contributed by atoms with van der Waals surface area (Å²) in [5.74, 6) is 0. The summed E-state index contributed by atoms with van der Waals surface area (Å²) in [6.45, 7) is 9.70. The molecule has 1 unspecified atom stereocenters. The molecule has 0 radical (unpaired) electrons. The molecule has 2 rings (SSSR count). The first-order chi connectivity index (χ1) is 7.99. The van der Waals surface area contributed by atoms with Gasteiger partial charge in [-0.05, 0) is 32.4 Å². The predicted molar refractivity (Wildman–Crippen MR) is 71.2 cm³/mol. The molecule has 1 aliphatic rings. The molecule has 17 heavy (non-hydrogen) atoms. The highest BCUT2D eigenvalue weighted by atomic mass is 35.5. The maximum absolute atomic E-state index is 6.17. The molecule has 0 amide bonds. The standard InChI is InChI=1S/C13H20ClN3/c1-10-7-17(13(2,3)9-16-10)8-11-4-5-15-6-12(11)14/h4-6,10,16H,7-9H2,1-3H3. The number of halogens is 1. The van der Waals surface area contributed by atoms with E-state index in [2.05, 4.69) is 36.0 Å². The molecule has 0 aromatic carbocycles. The molecule has 0 aliphatic carbocycles. The van der Waals surface area contributed by atoms with Crippen LogP contribution < -0.4 is 5.32 Å². The van der Waals surface area contributed by atoms with E-state index in [-0.39, 0.29) is 5.54 Å². The predicted octanol–water partition coefficient (Wildman–Crippen LogP) is 2.31. The van der Waals surface area contributed by atoms with Crippen LogP contribution in [-0.4, -0.2) is 34.6 Å². The fourth-order valence-electron chi connectivity index (χ4n) is 2.19. The lowest BCUT2D eigenvalue weighted by Gasteiger charge is -2.45. The van der Waals surface area contributed by atoms with Crippen LogP contribution >= 0.6 is 11.6 Å². The molecule has 1 saturated heterocycles. The Labute approximate surface area is 108 Å². The van der Waals surface area contributed by atoms with Crippen molar-refractivity contribution in [2.75, 3.05) is 13.1 Å². The van der Waals surface area contributed by atoms with E-state index < -0.39 is 0 Å². The Kier molecular flexibility index (Phi) is 3.71. The molecule has 1 aliphatic heterocycles. The zero-order chi connectivity index (χ0) is 12.5. The van der Waals surface area contributed by atoms with Crippen LogP contribution in [0.2, 0.25) is 5.02 Å². The topological polar surface area (TPSA) is 28.2 Å². The third-order valence-electron chi connectivity index (χ3n) is 3.45. The van der Waals surface area contributed by atoms with Gasteiger partial charge in [0.15, 0.2) is 0 Å². The Morgan fingerprint density at radius 3 is 3.06 bits per heavy atom. The van der Waals surface area contributed by atoms with E-state index in [1.54, 1.807) is 12.4 Å². The summed E-state index contributed by atoms with van der Waals surface area (Å²) in [4.78, 5) is 6.51. The maximum Gasteiger partial charge on any atom is 0.0634 e. The Bertz CT molecular complexity index is 392. The van der Waals surface area contributed by atoms with Crippen LogP contribution in [0.4, 0.5) is 0 Å². The van der Waals surface area contributed by atoms with E-state index in [4.69, 9.17) is 11.6 Å². The largest absolute Gasteiger partial charge is 0.311 e. The molecule has 4 heteroatoms. The van der Waals surface area contributed by atoms with E-state index >= 15 is 0 Å². The summed E-state index contributed by atoms with van der Waals surface area (Å²) in [5, 5.41) is 4.27. The van der Waals surface area contributed by atoms with Crippen molar-refractivity contribution < 1.29 is 0 Å². The summed E-state index contributed by atoms with van der Waals surface area (Å²) >= 11 is 6.17. The first-order valence-electron chi connectivity index (χ1n) is 6.06. The number of rotatable bonds is 2. The number of pyridine rings is 1. The Morgan fingerprint density at radius 1 is 1.59 bits per heavy atom. The van der Waals surface area contributed by atoms with Crippen molar-refractivity contribution in [3.8, 4) is 0 Å². The molecule has 0 spiro atoms. The van der Waals surface area contributed by atoms with Gasteiger partial charge in [0.25, 0.3) is 0 Å². The number of piperazine rings is 1. The van der Waals surface area contributed by atoms with Gasteiger partial charge in [-0.1, -0.05) is 11.6 Å². The van der Waals surface area contributed by atoms with Gasteiger partial charge < -0.3 is 5.32 Å². The molecule has 1 N–H and O–H groups in total. The quantitative estimate of drug-likeness (QED) is 0.877. The second-order valence-electron chi connectivity index (χ2n) is 5.44. The fraction of sp³-hybridized carbons (Fsp3) is 0.615. The summed E-state index contributed by atoms with van der Waals surface area (Å²) in [6.07, 6.45) is 3.52. The third kappa shape index (κ3) is 2.97. The number of hydrogen-bond donors (Lipinski definition) is 1. The summed E-state index contributed by atoms with van der Waals surface area (Å²) in [5.41, 5.74) is 1.32. The SMILES string of the molecule is CC1CN(Cc2ccncc2Cl)C(C)(C)CN1. The van der Waals surface area contributed by atoms with E-state index in [0.29, 0.717) is 6.04 Å². The van der Waals surface area contributed by atoms with Crippen molar-refractivity contribution >= 4 is 11.6 Å². The monoisotopic (exact) mass is 253 g/mol. The molecule has 94 valence electrons. The summed E-state index contributed by atoms with van der Waals surface area (Å²) < 4.78 is 0. The smallest absolute Gasteiger partial charge is 0.0634 e. The number of hydrogen-bond acceptors (Lipinski definition) is 3. The Balaban J connectivity index is 2.14. The lowest BCUT2D eigenvalue weighted by molar-refractivity contribution is 0.0627. The van der Waals surface area contributed by atoms with Crippen LogP contribution in [0.15, 0.2) is 18.5 Å². The first kappa shape index (κ1) is 12.8. The van der Waals surface area contributed by atoms with Gasteiger partial charge >= 0.3 is 0 Å². The zero-order valence-corrected chi connectivity index (χ0v) is 11.5. The van der Waals surface area contributed by atoms with Crippen molar-refractivity contribution in [3.63, 3.8) is 0 Å². The Morgan fingerprint density at radius 2 is 2.35 bits per heavy atom. The molecule has 1 atom stereocenters. The van der Waals surface area contributed by atoms with Gasteiger partial charge in [-0.3, -0.25) is 9.88 Å². The molecular formula is C13H20ClN3. The summed E-state index contributed by atoms with van der Waals surface area (Å²) in [7, 11) is 0. The minimum Gasteiger partial charge on any atom is -0.311 e.